The highest BCUT2D eigenvalue weighted by Crippen LogP contribution is 2.44. The summed E-state index contributed by atoms with van der Waals surface area (Å²) >= 11 is 1.33. The van der Waals surface area contributed by atoms with Gasteiger partial charge in [0.05, 0.1) is 28.4 Å². The molecule has 1 fully saturated rings. The van der Waals surface area contributed by atoms with Crippen LogP contribution in [0.1, 0.15) is 24.1 Å². The van der Waals surface area contributed by atoms with E-state index in [0.717, 1.165) is 15.9 Å². The minimum atomic E-state index is -0.836. The molecule has 4 aromatic rings. The first-order valence-electron chi connectivity index (χ1n) is 11.6. The van der Waals surface area contributed by atoms with Crippen molar-refractivity contribution in [1.82, 2.24) is 4.98 Å². The molecular weight excluding hydrogens is 474 g/mol. The molecule has 0 saturated carbocycles. The average Bonchev–Trinajstić information content (AvgIpc) is 3.42. The number of hydrogen-bond acceptors (Lipinski definition) is 7. The molecule has 36 heavy (non-hydrogen) atoms. The highest BCUT2D eigenvalue weighted by Gasteiger charge is 2.48. The van der Waals surface area contributed by atoms with Gasteiger partial charge in [-0.05, 0) is 48.9 Å². The number of ether oxygens (including phenoxy) is 1. The molecule has 1 saturated heterocycles. The Morgan fingerprint density at radius 1 is 1.06 bits per heavy atom. The van der Waals surface area contributed by atoms with E-state index in [1.807, 2.05) is 74.4 Å². The highest BCUT2D eigenvalue weighted by molar-refractivity contribution is 7.22. The molecule has 0 spiro atoms. The van der Waals surface area contributed by atoms with E-state index < -0.39 is 17.7 Å². The summed E-state index contributed by atoms with van der Waals surface area (Å²) in [5, 5.41) is 11.8. The minimum Gasteiger partial charge on any atom is -0.507 e. The lowest BCUT2D eigenvalue weighted by atomic mass is 9.95. The van der Waals surface area contributed by atoms with Crippen molar-refractivity contribution in [2.45, 2.75) is 13.0 Å². The first-order valence-corrected chi connectivity index (χ1v) is 12.4. The van der Waals surface area contributed by atoms with Crippen molar-refractivity contribution in [2.75, 3.05) is 30.5 Å². The number of anilines is 2. The number of Topliss-reactive ketones (excluding diaryl/α,β-unsaturated/α-hetero) is 1. The number of amides is 1. The van der Waals surface area contributed by atoms with Crippen molar-refractivity contribution in [2.24, 2.45) is 0 Å². The van der Waals surface area contributed by atoms with E-state index in [-0.39, 0.29) is 11.3 Å². The van der Waals surface area contributed by atoms with Crippen molar-refractivity contribution in [3.8, 4) is 5.75 Å². The summed E-state index contributed by atoms with van der Waals surface area (Å²) in [5.41, 5.74) is 2.83. The van der Waals surface area contributed by atoms with Crippen molar-refractivity contribution in [3.05, 3.63) is 89.5 Å². The lowest BCUT2D eigenvalue weighted by Gasteiger charge is -2.23. The number of aromatic nitrogens is 1. The van der Waals surface area contributed by atoms with Crippen LogP contribution < -0.4 is 14.5 Å². The standard InChI is InChI=1S/C28H25N3O4S/c1-4-35-20-9-7-8-18(16-20)25(32)23-24(17-12-14-19(15-13-17)30(2)3)31(27(34)26(23)33)28-29-21-10-5-6-11-22(21)36-28/h5-16,24,32H,4H2,1-3H3/b25-23+. The number of carbonyl (C=O) groups excluding carboxylic acids is 2. The summed E-state index contributed by atoms with van der Waals surface area (Å²) in [4.78, 5) is 34.8. The van der Waals surface area contributed by atoms with Gasteiger partial charge in [-0.2, -0.15) is 0 Å². The van der Waals surface area contributed by atoms with Gasteiger partial charge in [0.25, 0.3) is 5.78 Å². The molecular formula is C28H25N3O4S. The van der Waals surface area contributed by atoms with Crippen LogP contribution >= 0.6 is 11.3 Å². The minimum absolute atomic E-state index is 0.0190. The van der Waals surface area contributed by atoms with Crippen molar-refractivity contribution in [3.63, 3.8) is 0 Å². The van der Waals surface area contributed by atoms with Gasteiger partial charge in [-0.3, -0.25) is 14.5 Å². The quantitative estimate of drug-likeness (QED) is 0.218. The van der Waals surface area contributed by atoms with Crippen LogP contribution in [0.15, 0.2) is 78.4 Å². The summed E-state index contributed by atoms with van der Waals surface area (Å²) in [6.45, 7) is 2.33. The van der Waals surface area contributed by atoms with Crippen LogP contribution in [0.2, 0.25) is 0 Å². The van der Waals surface area contributed by atoms with E-state index in [0.29, 0.717) is 28.6 Å². The van der Waals surface area contributed by atoms with Gasteiger partial charge in [0, 0.05) is 25.3 Å². The number of thiazole rings is 1. The number of fused-ring (bicyclic) bond motifs is 1. The van der Waals surface area contributed by atoms with Crippen molar-refractivity contribution < 1.29 is 19.4 Å². The molecule has 8 heteroatoms. The third-order valence-electron chi connectivity index (χ3n) is 6.08. The van der Waals surface area contributed by atoms with Crippen LogP contribution in [0, 0.1) is 0 Å². The predicted molar refractivity (Wildman–Crippen MR) is 143 cm³/mol. The Bertz CT molecular complexity index is 1460. The molecule has 1 atom stereocenters. The number of aliphatic hydroxyl groups is 1. The van der Waals surface area contributed by atoms with Gasteiger partial charge >= 0.3 is 5.91 Å². The molecule has 1 aliphatic rings. The normalized spacial score (nSPS) is 17.1. The number of carbonyl (C=O) groups is 2. The summed E-state index contributed by atoms with van der Waals surface area (Å²) in [7, 11) is 3.88. The fourth-order valence-corrected chi connectivity index (χ4v) is 5.31. The summed E-state index contributed by atoms with van der Waals surface area (Å²) in [6.07, 6.45) is 0. The van der Waals surface area contributed by atoms with Crippen molar-refractivity contribution >= 4 is 49.8 Å². The number of nitrogens with zero attached hydrogens (tertiary/aromatic N) is 3. The molecule has 1 aliphatic heterocycles. The molecule has 1 N–H and O–H groups in total. The molecule has 7 nitrogen and oxygen atoms in total. The second-order valence-corrected chi connectivity index (χ2v) is 9.59. The maximum atomic E-state index is 13.4. The van der Waals surface area contributed by atoms with E-state index in [1.165, 1.54) is 16.2 Å². The predicted octanol–water partition coefficient (Wildman–Crippen LogP) is 5.39. The lowest BCUT2D eigenvalue weighted by molar-refractivity contribution is -0.132. The number of hydrogen-bond donors (Lipinski definition) is 1. The van der Waals surface area contributed by atoms with E-state index in [4.69, 9.17) is 4.74 Å². The molecule has 5 rings (SSSR count). The molecule has 0 radical (unpaired) electrons. The van der Waals surface area contributed by atoms with Crippen LogP contribution in [-0.2, 0) is 9.59 Å². The zero-order valence-corrected chi connectivity index (χ0v) is 21.0. The Morgan fingerprint density at radius 2 is 1.81 bits per heavy atom. The molecule has 3 aromatic carbocycles. The van der Waals surface area contributed by atoms with Crippen molar-refractivity contribution in [1.29, 1.82) is 0 Å². The largest absolute Gasteiger partial charge is 0.507 e. The summed E-state index contributed by atoms with van der Waals surface area (Å²) < 4.78 is 6.47. The molecule has 182 valence electrons. The Morgan fingerprint density at radius 3 is 2.50 bits per heavy atom. The molecule has 1 unspecified atom stereocenters. The SMILES string of the molecule is CCOc1cccc(/C(O)=C2\C(=O)C(=O)N(c3nc4ccccc4s3)C2c2ccc(N(C)C)cc2)c1. The first-order chi connectivity index (χ1) is 17.4. The monoisotopic (exact) mass is 499 g/mol. The number of para-hydroxylation sites is 1. The van der Waals surface area contributed by atoms with Gasteiger partial charge < -0.3 is 14.7 Å². The maximum Gasteiger partial charge on any atom is 0.301 e. The molecule has 0 bridgehead atoms. The van der Waals surface area contributed by atoms with Crippen LogP contribution in [0.4, 0.5) is 10.8 Å². The van der Waals surface area contributed by atoms with Crippen LogP contribution in [0.3, 0.4) is 0 Å². The van der Waals surface area contributed by atoms with Crippen LogP contribution in [0.25, 0.3) is 16.0 Å². The number of benzene rings is 3. The van der Waals surface area contributed by atoms with E-state index >= 15 is 0 Å². The Hall–Kier alpha value is -4.17. The second-order valence-electron chi connectivity index (χ2n) is 8.58. The van der Waals surface area contributed by atoms with E-state index in [1.54, 1.807) is 24.3 Å². The molecule has 1 aromatic heterocycles. The summed E-state index contributed by atoms with van der Waals surface area (Å²) in [6, 6.07) is 21.2. The zero-order valence-electron chi connectivity index (χ0n) is 20.1. The third-order valence-corrected chi connectivity index (χ3v) is 7.11. The lowest BCUT2D eigenvalue weighted by Crippen LogP contribution is -2.29. The average molecular weight is 500 g/mol. The van der Waals surface area contributed by atoms with Crippen LogP contribution in [-0.4, -0.2) is 42.5 Å². The summed E-state index contributed by atoms with van der Waals surface area (Å²) in [5.74, 6) is -1.16. The molecule has 0 aliphatic carbocycles. The second kappa shape index (κ2) is 9.47. The van der Waals surface area contributed by atoms with E-state index in [9.17, 15) is 14.7 Å². The fraction of sp³-hybridized carbons (Fsp3) is 0.179. The maximum absolute atomic E-state index is 13.4. The van der Waals surface area contributed by atoms with Gasteiger partial charge in [-0.15, -0.1) is 0 Å². The van der Waals surface area contributed by atoms with Gasteiger partial charge in [0.2, 0.25) is 0 Å². The van der Waals surface area contributed by atoms with Gasteiger partial charge in [-0.1, -0.05) is 47.7 Å². The molecule has 1 amide bonds. The van der Waals surface area contributed by atoms with Gasteiger partial charge in [0.1, 0.15) is 11.5 Å². The third kappa shape index (κ3) is 4.09. The van der Waals surface area contributed by atoms with Gasteiger partial charge in [0.15, 0.2) is 5.13 Å². The van der Waals surface area contributed by atoms with Gasteiger partial charge in [-0.25, -0.2) is 4.98 Å². The Kier molecular flexibility index (Phi) is 6.20. The smallest absolute Gasteiger partial charge is 0.301 e. The molecule has 2 heterocycles. The first kappa shape index (κ1) is 23.6. The Labute approximate surface area is 212 Å². The highest BCUT2D eigenvalue weighted by atomic mass is 32.1. The van der Waals surface area contributed by atoms with E-state index in [2.05, 4.69) is 4.98 Å². The zero-order chi connectivity index (χ0) is 25.4. The fourth-order valence-electron chi connectivity index (χ4n) is 4.32. The number of rotatable bonds is 6. The Balaban J connectivity index is 1.70. The topological polar surface area (TPSA) is 83.0 Å². The number of ketones is 1. The number of aliphatic hydroxyl groups excluding tert-OH is 1. The van der Waals surface area contributed by atoms with Crippen LogP contribution in [0.5, 0.6) is 5.75 Å².